The summed E-state index contributed by atoms with van der Waals surface area (Å²) in [6, 6.07) is 10.2. The summed E-state index contributed by atoms with van der Waals surface area (Å²) in [6.45, 7) is 3.33. The SMILES string of the molecule is CNC1CCN(C(=O)c2c(-c3ccccc3)noc2C)CC1.Cl. The van der Waals surface area contributed by atoms with E-state index in [9.17, 15) is 4.79 Å². The van der Waals surface area contributed by atoms with Crippen LogP contribution < -0.4 is 5.32 Å². The zero-order valence-electron chi connectivity index (χ0n) is 13.4. The second-order valence-electron chi connectivity index (χ2n) is 5.68. The van der Waals surface area contributed by atoms with E-state index in [1.54, 1.807) is 6.92 Å². The molecule has 0 spiro atoms. The number of aromatic nitrogens is 1. The molecule has 6 heteroatoms. The summed E-state index contributed by atoms with van der Waals surface area (Å²) >= 11 is 0. The normalized spacial score (nSPS) is 15.3. The lowest BCUT2D eigenvalue weighted by atomic mass is 10.0. The molecule has 1 amide bonds. The third-order valence-corrected chi connectivity index (χ3v) is 4.31. The molecule has 0 atom stereocenters. The Balaban J connectivity index is 0.00000192. The molecule has 1 aliphatic heterocycles. The van der Waals surface area contributed by atoms with Crippen LogP contribution in [0.3, 0.4) is 0 Å². The maximum atomic E-state index is 12.9. The molecule has 0 aliphatic carbocycles. The van der Waals surface area contributed by atoms with Gasteiger partial charge in [0.05, 0.1) is 0 Å². The Morgan fingerprint density at radius 2 is 1.91 bits per heavy atom. The first-order chi connectivity index (χ1) is 10.7. The fourth-order valence-electron chi connectivity index (χ4n) is 2.95. The molecule has 1 aliphatic rings. The highest BCUT2D eigenvalue weighted by Gasteiger charge is 2.28. The molecule has 1 aromatic carbocycles. The van der Waals surface area contributed by atoms with Crippen LogP contribution in [0.5, 0.6) is 0 Å². The molecule has 2 heterocycles. The molecule has 0 bridgehead atoms. The van der Waals surface area contributed by atoms with Crippen LogP contribution in [0.2, 0.25) is 0 Å². The topological polar surface area (TPSA) is 58.4 Å². The van der Waals surface area contributed by atoms with Crippen LogP contribution in [0.15, 0.2) is 34.9 Å². The van der Waals surface area contributed by atoms with Crippen molar-refractivity contribution in [2.45, 2.75) is 25.8 Å². The van der Waals surface area contributed by atoms with Gasteiger partial charge >= 0.3 is 0 Å². The number of nitrogens with zero attached hydrogens (tertiary/aromatic N) is 2. The average Bonchev–Trinajstić information content (AvgIpc) is 2.96. The Morgan fingerprint density at radius 1 is 1.26 bits per heavy atom. The minimum atomic E-state index is 0. The molecular weight excluding hydrogens is 314 g/mol. The Hall–Kier alpha value is -1.85. The van der Waals surface area contributed by atoms with Crippen LogP contribution >= 0.6 is 12.4 Å². The van der Waals surface area contributed by atoms with Crippen LogP contribution in [0.25, 0.3) is 11.3 Å². The number of halogens is 1. The number of benzene rings is 1. The molecule has 1 saturated heterocycles. The lowest BCUT2D eigenvalue weighted by Crippen LogP contribution is -2.44. The van der Waals surface area contributed by atoms with Gasteiger partial charge in [-0.15, -0.1) is 12.4 Å². The van der Waals surface area contributed by atoms with E-state index in [-0.39, 0.29) is 18.3 Å². The van der Waals surface area contributed by atoms with Gasteiger partial charge in [-0.2, -0.15) is 0 Å². The summed E-state index contributed by atoms with van der Waals surface area (Å²) in [5.74, 6) is 0.603. The van der Waals surface area contributed by atoms with Gasteiger partial charge in [-0.3, -0.25) is 4.79 Å². The van der Waals surface area contributed by atoms with Crippen LogP contribution in [-0.4, -0.2) is 42.1 Å². The molecule has 1 aromatic heterocycles. The number of nitrogens with one attached hydrogen (secondary N) is 1. The van der Waals surface area contributed by atoms with Crippen LogP contribution in [-0.2, 0) is 0 Å². The number of hydrogen-bond acceptors (Lipinski definition) is 4. The van der Waals surface area contributed by atoms with Crippen molar-refractivity contribution in [3.63, 3.8) is 0 Å². The summed E-state index contributed by atoms with van der Waals surface area (Å²) in [5, 5.41) is 7.38. The predicted octanol–water partition coefficient (Wildman–Crippen LogP) is 2.90. The second kappa shape index (κ2) is 7.62. The van der Waals surface area contributed by atoms with Crippen molar-refractivity contribution in [1.82, 2.24) is 15.4 Å². The van der Waals surface area contributed by atoms with E-state index in [0.29, 0.717) is 23.1 Å². The minimum absolute atomic E-state index is 0. The zero-order valence-corrected chi connectivity index (χ0v) is 14.2. The highest BCUT2D eigenvalue weighted by atomic mass is 35.5. The molecule has 3 rings (SSSR count). The van der Waals surface area contributed by atoms with Gasteiger partial charge in [0.25, 0.3) is 5.91 Å². The first kappa shape index (κ1) is 17.5. The van der Waals surface area contributed by atoms with Crippen molar-refractivity contribution in [3.05, 3.63) is 41.7 Å². The summed E-state index contributed by atoms with van der Waals surface area (Å²) in [7, 11) is 1.97. The second-order valence-corrected chi connectivity index (χ2v) is 5.68. The Labute approximate surface area is 142 Å². The molecule has 0 radical (unpaired) electrons. The zero-order chi connectivity index (χ0) is 15.5. The Bertz CT molecular complexity index is 649. The fraction of sp³-hybridized carbons (Fsp3) is 0.412. The molecule has 2 aromatic rings. The van der Waals surface area contributed by atoms with Gasteiger partial charge in [0.1, 0.15) is 17.0 Å². The maximum Gasteiger partial charge on any atom is 0.259 e. The van der Waals surface area contributed by atoms with E-state index in [1.165, 1.54) is 0 Å². The number of aryl methyl sites for hydroxylation is 1. The highest BCUT2D eigenvalue weighted by Crippen LogP contribution is 2.27. The lowest BCUT2D eigenvalue weighted by molar-refractivity contribution is 0.0706. The quantitative estimate of drug-likeness (QED) is 0.937. The van der Waals surface area contributed by atoms with Crippen molar-refractivity contribution in [2.75, 3.05) is 20.1 Å². The third kappa shape index (κ3) is 3.57. The number of amides is 1. The summed E-state index contributed by atoms with van der Waals surface area (Å²) in [4.78, 5) is 14.8. The molecule has 0 unspecified atom stereocenters. The van der Waals surface area contributed by atoms with Crippen molar-refractivity contribution in [1.29, 1.82) is 0 Å². The number of carbonyl (C=O) groups is 1. The largest absolute Gasteiger partial charge is 0.360 e. The van der Waals surface area contributed by atoms with Crippen molar-refractivity contribution >= 4 is 18.3 Å². The van der Waals surface area contributed by atoms with E-state index >= 15 is 0 Å². The van der Waals surface area contributed by atoms with Gasteiger partial charge in [-0.1, -0.05) is 35.5 Å². The van der Waals surface area contributed by atoms with Crippen LogP contribution in [0.1, 0.15) is 29.0 Å². The van der Waals surface area contributed by atoms with Gasteiger partial charge in [0.15, 0.2) is 0 Å². The van der Waals surface area contributed by atoms with Crippen molar-refractivity contribution in [3.8, 4) is 11.3 Å². The number of piperidine rings is 1. The van der Waals surface area contributed by atoms with Crippen LogP contribution in [0, 0.1) is 6.92 Å². The highest BCUT2D eigenvalue weighted by molar-refractivity contribution is 6.00. The van der Waals surface area contributed by atoms with E-state index in [0.717, 1.165) is 31.5 Å². The van der Waals surface area contributed by atoms with Gasteiger partial charge in [0.2, 0.25) is 0 Å². The Morgan fingerprint density at radius 3 is 2.52 bits per heavy atom. The molecular formula is C17H22ClN3O2. The first-order valence-corrected chi connectivity index (χ1v) is 7.69. The average molecular weight is 336 g/mol. The predicted molar refractivity (Wildman–Crippen MR) is 91.9 cm³/mol. The smallest absolute Gasteiger partial charge is 0.259 e. The van der Waals surface area contributed by atoms with Gasteiger partial charge in [-0.25, -0.2) is 0 Å². The monoisotopic (exact) mass is 335 g/mol. The maximum absolute atomic E-state index is 12.9. The number of likely N-dealkylation sites (tertiary alicyclic amines) is 1. The van der Waals surface area contributed by atoms with E-state index in [2.05, 4.69) is 10.5 Å². The Kier molecular flexibility index (Phi) is 5.80. The van der Waals surface area contributed by atoms with Crippen molar-refractivity contribution < 1.29 is 9.32 Å². The number of hydrogen-bond donors (Lipinski definition) is 1. The molecule has 5 nitrogen and oxygen atoms in total. The lowest BCUT2D eigenvalue weighted by Gasteiger charge is -2.31. The van der Waals surface area contributed by atoms with Crippen LogP contribution in [0.4, 0.5) is 0 Å². The van der Waals surface area contributed by atoms with E-state index in [4.69, 9.17) is 4.52 Å². The molecule has 124 valence electrons. The molecule has 1 fully saturated rings. The third-order valence-electron chi connectivity index (χ3n) is 4.31. The standard InChI is InChI=1S/C17H21N3O2.ClH/c1-12-15(16(19-22-12)13-6-4-3-5-7-13)17(21)20-10-8-14(18-2)9-11-20;/h3-7,14,18H,8-11H2,1-2H3;1H. The molecule has 0 saturated carbocycles. The summed E-state index contributed by atoms with van der Waals surface area (Å²) in [5.41, 5.74) is 2.14. The fourth-order valence-corrected chi connectivity index (χ4v) is 2.95. The molecule has 1 N–H and O–H groups in total. The number of rotatable bonds is 3. The minimum Gasteiger partial charge on any atom is -0.360 e. The molecule has 23 heavy (non-hydrogen) atoms. The number of carbonyl (C=O) groups excluding carboxylic acids is 1. The first-order valence-electron chi connectivity index (χ1n) is 7.69. The van der Waals surface area contributed by atoms with Gasteiger partial charge in [-0.05, 0) is 26.8 Å². The van der Waals surface area contributed by atoms with Gasteiger partial charge in [0, 0.05) is 24.7 Å². The summed E-state index contributed by atoms with van der Waals surface area (Å²) in [6.07, 6.45) is 1.96. The van der Waals surface area contributed by atoms with Crippen molar-refractivity contribution in [2.24, 2.45) is 0 Å². The summed E-state index contributed by atoms with van der Waals surface area (Å²) < 4.78 is 5.29. The van der Waals surface area contributed by atoms with E-state index < -0.39 is 0 Å². The van der Waals surface area contributed by atoms with E-state index in [1.807, 2.05) is 42.3 Å². The van der Waals surface area contributed by atoms with Gasteiger partial charge < -0.3 is 14.7 Å².